The summed E-state index contributed by atoms with van der Waals surface area (Å²) in [7, 11) is 3.36. The molecule has 1 unspecified atom stereocenters. The van der Waals surface area contributed by atoms with Gasteiger partial charge >= 0.3 is 5.97 Å². The number of methoxy groups -OCH3 is 1. The van der Waals surface area contributed by atoms with Gasteiger partial charge in [-0.25, -0.2) is 4.79 Å². The van der Waals surface area contributed by atoms with E-state index in [2.05, 4.69) is 0 Å². The van der Waals surface area contributed by atoms with Crippen molar-refractivity contribution in [3.05, 3.63) is 35.4 Å². The van der Waals surface area contributed by atoms with Crippen molar-refractivity contribution in [2.45, 2.75) is 12.6 Å². The number of carbonyl (C=O) groups is 1. The molecule has 0 heterocycles. The Morgan fingerprint density at radius 2 is 2.11 bits per heavy atom. The van der Waals surface area contributed by atoms with E-state index in [1.165, 1.54) is 7.11 Å². The SMILES string of the molecule is COCC(O)CN(C)Cc1ccccc1C(=O)O. The molecule has 18 heavy (non-hydrogen) atoms. The first-order valence-electron chi connectivity index (χ1n) is 5.71. The van der Waals surface area contributed by atoms with E-state index in [1.807, 2.05) is 11.9 Å². The lowest BCUT2D eigenvalue weighted by atomic mass is 10.1. The number of benzene rings is 1. The second-order valence-electron chi connectivity index (χ2n) is 4.27. The van der Waals surface area contributed by atoms with Gasteiger partial charge in [-0.1, -0.05) is 18.2 Å². The minimum Gasteiger partial charge on any atom is -0.478 e. The normalized spacial score (nSPS) is 12.7. The Morgan fingerprint density at radius 1 is 1.44 bits per heavy atom. The van der Waals surface area contributed by atoms with E-state index in [0.717, 1.165) is 5.56 Å². The van der Waals surface area contributed by atoms with Crippen LogP contribution in [0.15, 0.2) is 24.3 Å². The highest BCUT2D eigenvalue weighted by Gasteiger charge is 2.13. The standard InChI is InChI=1S/C13H19NO4/c1-14(8-11(15)9-18-2)7-10-5-3-4-6-12(10)13(16)17/h3-6,11,15H,7-9H2,1-2H3,(H,16,17). The predicted molar refractivity (Wildman–Crippen MR) is 67.6 cm³/mol. The van der Waals surface area contributed by atoms with Crippen molar-refractivity contribution in [3.63, 3.8) is 0 Å². The molecule has 0 fully saturated rings. The summed E-state index contributed by atoms with van der Waals surface area (Å²) >= 11 is 0. The van der Waals surface area contributed by atoms with Gasteiger partial charge in [0.15, 0.2) is 0 Å². The van der Waals surface area contributed by atoms with Crippen LogP contribution in [0.4, 0.5) is 0 Å². The summed E-state index contributed by atoms with van der Waals surface area (Å²) in [4.78, 5) is 12.9. The molecule has 0 spiro atoms. The number of carboxylic acids is 1. The van der Waals surface area contributed by atoms with Crippen LogP contribution in [0.3, 0.4) is 0 Å². The van der Waals surface area contributed by atoms with Gasteiger partial charge < -0.3 is 14.9 Å². The van der Waals surface area contributed by atoms with Crippen molar-refractivity contribution >= 4 is 5.97 Å². The molecule has 0 aliphatic rings. The van der Waals surface area contributed by atoms with Crippen LogP contribution in [0.1, 0.15) is 15.9 Å². The summed E-state index contributed by atoms with van der Waals surface area (Å²) < 4.78 is 4.85. The molecule has 0 bridgehead atoms. The third-order valence-corrected chi connectivity index (χ3v) is 2.57. The fourth-order valence-electron chi connectivity index (χ4n) is 1.83. The number of carboxylic acid groups (broad SMARTS) is 1. The summed E-state index contributed by atoms with van der Waals surface area (Å²) in [5, 5.41) is 18.6. The number of aromatic carboxylic acids is 1. The lowest BCUT2D eigenvalue weighted by molar-refractivity contribution is 0.0418. The van der Waals surface area contributed by atoms with Gasteiger partial charge in [0, 0.05) is 20.2 Å². The van der Waals surface area contributed by atoms with Crippen LogP contribution in [0.5, 0.6) is 0 Å². The van der Waals surface area contributed by atoms with Gasteiger partial charge in [0.1, 0.15) is 0 Å². The van der Waals surface area contributed by atoms with Crippen LogP contribution in [-0.2, 0) is 11.3 Å². The molecule has 1 rings (SSSR count). The molecular formula is C13H19NO4. The minimum absolute atomic E-state index is 0.269. The number of aliphatic hydroxyl groups is 1. The third kappa shape index (κ3) is 4.44. The number of hydrogen-bond donors (Lipinski definition) is 2. The van der Waals surface area contributed by atoms with E-state index in [0.29, 0.717) is 18.7 Å². The van der Waals surface area contributed by atoms with E-state index in [1.54, 1.807) is 24.3 Å². The van der Waals surface area contributed by atoms with E-state index in [-0.39, 0.29) is 6.61 Å². The van der Waals surface area contributed by atoms with Gasteiger partial charge in [0.2, 0.25) is 0 Å². The number of aliphatic hydroxyl groups excluding tert-OH is 1. The first-order valence-corrected chi connectivity index (χ1v) is 5.71. The van der Waals surface area contributed by atoms with Crippen LogP contribution >= 0.6 is 0 Å². The Labute approximate surface area is 107 Å². The van der Waals surface area contributed by atoms with Gasteiger partial charge in [0.05, 0.1) is 18.3 Å². The van der Waals surface area contributed by atoms with Gasteiger partial charge in [-0.2, -0.15) is 0 Å². The number of likely N-dealkylation sites (N-methyl/N-ethyl adjacent to an activating group) is 1. The monoisotopic (exact) mass is 253 g/mol. The summed E-state index contributed by atoms with van der Waals surface area (Å²) in [6.45, 7) is 1.18. The largest absolute Gasteiger partial charge is 0.478 e. The van der Waals surface area contributed by atoms with E-state index >= 15 is 0 Å². The zero-order chi connectivity index (χ0) is 13.5. The van der Waals surface area contributed by atoms with Crippen LogP contribution in [0, 0.1) is 0 Å². The van der Waals surface area contributed by atoms with Crippen molar-refractivity contribution in [1.29, 1.82) is 0 Å². The van der Waals surface area contributed by atoms with Gasteiger partial charge in [-0.05, 0) is 18.7 Å². The maximum absolute atomic E-state index is 11.0. The van der Waals surface area contributed by atoms with E-state index in [4.69, 9.17) is 9.84 Å². The maximum Gasteiger partial charge on any atom is 0.336 e. The highest BCUT2D eigenvalue weighted by molar-refractivity contribution is 5.89. The van der Waals surface area contributed by atoms with Gasteiger partial charge in [-0.15, -0.1) is 0 Å². The van der Waals surface area contributed by atoms with Crippen LogP contribution in [0.2, 0.25) is 0 Å². The molecule has 2 N–H and O–H groups in total. The van der Waals surface area contributed by atoms with Crippen LogP contribution in [-0.4, -0.2) is 54.5 Å². The van der Waals surface area contributed by atoms with Gasteiger partial charge in [0.25, 0.3) is 0 Å². The Bertz CT molecular complexity index is 394. The summed E-state index contributed by atoms with van der Waals surface area (Å²) in [6.07, 6.45) is -0.572. The fraction of sp³-hybridized carbons (Fsp3) is 0.462. The first kappa shape index (κ1) is 14.6. The zero-order valence-corrected chi connectivity index (χ0v) is 10.7. The predicted octanol–water partition coefficient (Wildman–Crippen LogP) is 0.824. The van der Waals surface area contributed by atoms with Crippen molar-refractivity contribution in [1.82, 2.24) is 4.90 Å². The lowest BCUT2D eigenvalue weighted by Crippen LogP contribution is -2.32. The summed E-state index contributed by atoms with van der Waals surface area (Å²) in [5.41, 5.74) is 1.03. The molecule has 0 aromatic heterocycles. The van der Waals surface area contributed by atoms with Crippen LogP contribution < -0.4 is 0 Å². The molecule has 0 aliphatic heterocycles. The lowest BCUT2D eigenvalue weighted by Gasteiger charge is -2.20. The summed E-state index contributed by atoms with van der Waals surface area (Å²) in [5.74, 6) is -0.934. The second kappa shape index (κ2) is 7.10. The average molecular weight is 253 g/mol. The number of nitrogens with zero attached hydrogens (tertiary/aromatic N) is 1. The molecule has 0 saturated heterocycles. The highest BCUT2D eigenvalue weighted by atomic mass is 16.5. The molecule has 0 amide bonds. The molecule has 0 radical (unpaired) electrons. The molecule has 100 valence electrons. The zero-order valence-electron chi connectivity index (χ0n) is 10.7. The van der Waals surface area contributed by atoms with Crippen molar-refractivity contribution in [2.75, 3.05) is 27.3 Å². The Morgan fingerprint density at radius 3 is 2.72 bits per heavy atom. The molecule has 5 heteroatoms. The fourth-order valence-corrected chi connectivity index (χ4v) is 1.83. The molecule has 0 aliphatic carbocycles. The van der Waals surface area contributed by atoms with Crippen molar-refractivity contribution < 1.29 is 19.7 Å². The molecular weight excluding hydrogens is 234 g/mol. The highest BCUT2D eigenvalue weighted by Crippen LogP contribution is 2.11. The number of rotatable bonds is 7. The maximum atomic E-state index is 11.0. The average Bonchev–Trinajstić information content (AvgIpc) is 2.29. The Balaban J connectivity index is 2.64. The minimum atomic E-state index is -0.934. The van der Waals surface area contributed by atoms with Crippen molar-refractivity contribution in [3.8, 4) is 0 Å². The van der Waals surface area contributed by atoms with E-state index < -0.39 is 12.1 Å². The number of hydrogen-bond acceptors (Lipinski definition) is 4. The molecule has 1 atom stereocenters. The molecule has 1 aromatic rings. The first-order chi connectivity index (χ1) is 8.54. The quantitative estimate of drug-likeness (QED) is 0.753. The van der Waals surface area contributed by atoms with Gasteiger partial charge in [-0.3, -0.25) is 4.90 Å². The summed E-state index contributed by atoms with van der Waals surface area (Å²) in [6, 6.07) is 6.87. The topological polar surface area (TPSA) is 70.0 Å². The van der Waals surface area contributed by atoms with E-state index in [9.17, 15) is 9.90 Å². The second-order valence-corrected chi connectivity index (χ2v) is 4.27. The third-order valence-electron chi connectivity index (χ3n) is 2.57. The Kier molecular flexibility index (Phi) is 5.77. The number of ether oxygens (including phenoxy) is 1. The molecule has 1 aromatic carbocycles. The molecule has 0 saturated carbocycles. The molecule has 5 nitrogen and oxygen atoms in total. The Hall–Kier alpha value is -1.43. The van der Waals surface area contributed by atoms with Crippen LogP contribution in [0.25, 0.3) is 0 Å². The smallest absolute Gasteiger partial charge is 0.336 e. The van der Waals surface area contributed by atoms with Crippen molar-refractivity contribution in [2.24, 2.45) is 0 Å².